The van der Waals surface area contributed by atoms with Crippen LogP contribution in [0.25, 0.3) is 0 Å². The molecule has 0 radical (unpaired) electrons. The molecule has 2 unspecified atom stereocenters. The lowest BCUT2D eigenvalue weighted by Gasteiger charge is -2.29. The lowest BCUT2D eigenvalue weighted by atomic mass is 9.84. The number of pyridine rings is 1. The van der Waals surface area contributed by atoms with Crippen LogP contribution in [0.2, 0.25) is 0 Å². The third-order valence-electron chi connectivity index (χ3n) is 3.09. The molecule has 15 heavy (non-hydrogen) atoms. The van der Waals surface area contributed by atoms with Gasteiger partial charge in [-0.25, -0.2) is 0 Å². The molecule has 0 bridgehead atoms. The fourth-order valence-electron chi connectivity index (χ4n) is 2.09. The quantitative estimate of drug-likeness (QED) is 0.815. The average molecular weight is 207 g/mol. The fraction of sp³-hybridized carbons (Fsp3) is 0.583. The van der Waals surface area contributed by atoms with Crippen molar-refractivity contribution in [2.24, 2.45) is 5.92 Å². The van der Waals surface area contributed by atoms with Gasteiger partial charge in [-0.15, -0.1) is 0 Å². The second kappa shape index (κ2) is 4.29. The average Bonchev–Trinajstić information content (AvgIpc) is 2.71. The molecule has 1 aromatic heterocycles. The number of aliphatic hydroxyl groups is 1. The van der Waals surface area contributed by atoms with Crippen LogP contribution in [0.15, 0.2) is 24.5 Å². The van der Waals surface area contributed by atoms with Gasteiger partial charge in [0.15, 0.2) is 0 Å². The van der Waals surface area contributed by atoms with Gasteiger partial charge in [0, 0.05) is 31.3 Å². The Bertz CT molecular complexity index is 305. The van der Waals surface area contributed by atoms with Gasteiger partial charge in [-0.05, 0) is 25.0 Å². The summed E-state index contributed by atoms with van der Waals surface area (Å²) in [6.07, 6.45) is 5.16. The van der Waals surface area contributed by atoms with Gasteiger partial charge in [-0.3, -0.25) is 4.98 Å². The van der Waals surface area contributed by atoms with Gasteiger partial charge in [0.05, 0.1) is 12.2 Å². The summed E-state index contributed by atoms with van der Waals surface area (Å²) < 4.78 is 5.31. The maximum atomic E-state index is 10.4. The molecule has 2 heterocycles. The van der Waals surface area contributed by atoms with E-state index in [1.165, 1.54) is 0 Å². The van der Waals surface area contributed by atoms with Crippen LogP contribution in [-0.2, 0) is 11.2 Å². The van der Waals surface area contributed by atoms with E-state index in [0.717, 1.165) is 18.6 Å². The molecule has 1 aliphatic rings. The molecule has 3 nitrogen and oxygen atoms in total. The Kier molecular flexibility index (Phi) is 3.03. The highest BCUT2D eigenvalue weighted by Gasteiger charge is 2.34. The van der Waals surface area contributed by atoms with E-state index >= 15 is 0 Å². The summed E-state index contributed by atoms with van der Waals surface area (Å²) in [5.74, 6) is 0.248. The Hall–Kier alpha value is -0.930. The first-order chi connectivity index (χ1) is 7.18. The molecule has 2 atom stereocenters. The van der Waals surface area contributed by atoms with E-state index < -0.39 is 5.60 Å². The highest BCUT2D eigenvalue weighted by molar-refractivity contribution is 5.12. The maximum Gasteiger partial charge on any atom is 0.0711 e. The minimum atomic E-state index is -0.681. The second-order valence-electron chi connectivity index (χ2n) is 4.46. The van der Waals surface area contributed by atoms with Crippen molar-refractivity contribution in [2.75, 3.05) is 13.2 Å². The predicted octanol–water partition coefficient (Wildman–Crippen LogP) is 1.41. The molecule has 2 rings (SSSR count). The molecule has 1 aliphatic heterocycles. The number of ether oxygens (including phenoxy) is 1. The molecule has 1 fully saturated rings. The predicted molar refractivity (Wildman–Crippen MR) is 57.5 cm³/mol. The maximum absolute atomic E-state index is 10.4. The smallest absolute Gasteiger partial charge is 0.0711 e. The topological polar surface area (TPSA) is 42.4 Å². The molecule has 1 N–H and O–H groups in total. The van der Waals surface area contributed by atoms with Crippen LogP contribution in [0.4, 0.5) is 0 Å². The van der Waals surface area contributed by atoms with Gasteiger partial charge in [0.1, 0.15) is 0 Å². The van der Waals surface area contributed by atoms with Crippen molar-refractivity contribution in [3.8, 4) is 0 Å². The summed E-state index contributed by atoms with van der Waals surface area (Å²) >= 11 is 0. The largest absolute Gasteiger partial charge is 0.389 e. The van der Waals surface area contributed by atoms with Gasteiger partial charge < -0.3 is 9.84 Å². The Morgan fingerprint density at radius 3 is 3.13 bits per heavy atom. The summed E-state index contributed by atoms with van der Waals surface area (Å²) in [6.45, 7) is 3.33. The summed E-state index contributed by atoms with van der Waals surface area (Å²) in [5, 5.41) is 10.4. The molecule has 0 aliphatic carbocycles. The molecule has 0 spiro atoms. The fourth-order valence-corrected chi connectivity index (χ4v) is 2.09. The molecule has 1 saturated heterocycles. The van der Waals surface area contributed by atoms with E-state index in [4.69, 9.17) is 4.74 Å². The second-order valence-corrected chi connectivity index (χ2v) is 4.46. The van der Waals surface area contributed by atoms with Crippen LogP contribution < -0.4 is 0 Å². The van der Waals surface area contributed by atoms with Crippen molar-refractivity contribution < 1.29 is 9.84 Å². The molecule has 0 aromatic carbocycles. The number of hydrogen-bond donors (Lipinski definition) is 1. The first kappa shape index (κ1) is 10.6. The van der Waals surface area contributed by atoms with Gasteiger partial charge in [-0.1, -0.05) is 6.07 Å². The van der Waals surface area contributed by atoms with E-state index in [-0.39, 0.29) is 5.92 Å². The summed E-state index contributed by atoms with van der Waals surface area (Å²) in [7, 11) is 0. The van der Waals surface area contributed by atoms with Crippen molar-refractivity contribution in [3.05, 3.63) is 30.1 Å². The minimum Gasteiger partial charge on any atom is -0.389 e. The SMILES string of the molecule is CC(O)(Cc1cccnc1)C1CCOC1. The monoisotopic (exact) mass is 207 g/mol. The molecular formula is C12H17NO2. The van der Waals surface area contributed by atoms with Crippen LogP contribution >= 0.6 is 0 Å². The van der Waals surface area contributed by atoms with Gasteiger partial charge >= 0.3 is 0 Å². The Morgan fingerprint density at radius 1 is 1.67 bits per heavy atom. The van der Waals surface area contributed by atoms with Crippen LogP contribution in [0.3, 0.4) is 0 Å². The highest BCUT2D eigenvalue weighted by atomic mass is 16.5. The highest BCUT2D eigenvalue weighted by Crippen LogP contribution is 2.28. The zero-order chi connectivity index (χ0) is 10.7. The van der Waals surface area contributed by atoms with Crippen molar-refractivity contribution in [2.45, 2.75) is 25.4 Å². The van der Waals surface area contributed by atoms with Crippen LogP contribution in [0.5, 0.6) is 0 Å². The summed E-state index contributed by atoms with van der Waals surface area (Å²) in [4.78, 5) is 4.05. The third kappa shape index (κ3) is 2.55. The zero-order valence-electron chi connectivity index (χ0n) is 9.02. The Balaban J connectivity index is 2.03. The number of rotatable bonds is 3. The summed E-state index contributed by atoms with van der Waals surface area (Å²) in [6, 6.07) is 3.90. The normalized spacial score (nSPS) is 25.1. The van der Waals surface area contributed by atoms with Crippen molar-refractivity contribution in [3.63, 3.8) is 0 Å². The van der Waals surface area contributed by atoms with Gasteiger partial charge in [0.25, 0.3) is 0 Å². The molecule has 82 valence electrons. The van der Waals surface area contributed by atoms with Crippen LogP contribution in [-0.4, -0.2) is 28.9 Å². The number of hydrogen-bond acceptors (Lipinski definition) is 3. The van der Waals surface area contributed by atoms with Crippen molar-refractivity contribution >= 4 is 0 Å². The lowest BCUT2D eigenvalue weighted by molar-refractivity contribution is -0.00460. The number of nitrogens with zero attached hydrogens (tertiary/aromatic N) is 1. The number of aromatic nitrogens is 1. The lowest BCUT2D eigenvalue weighted by Crippen LogP contribution is -2.37. The van der Waals surface area contributed by atoms with Crippen molar-refractivity contribution in [1.82, 2.24) is 4.98 Å². The minimum absolute atomic E-state index is 0.248. The first-order valence-corrected chi connectivity index (χ1v) is 5.37. The van der Waals surface area contributed by atoms with E-state index in [9.17, 15) is 5.11 Å². The molecular weight excluding hydrogens is 190 g/mol. The summed E-state index contributed by atoms with van der Waals surface area (Å²) in [5.41, 5.74) is 0.397. The van der Waals surface area contributed by atoms with E-state index in [0.29, 0.717) is 13.0 Å². The molecule has 3 heteroatoms. The van der Waals surface area contributed by atoms with Crippen LogP contribution in [0, 0.1) is 5.92 Å². The molecule has 0 saturated carbocycles. The van der Waals surface area contributed by atoms with Crippen LogP contribution in [0.1, 0.15) is 18.9 Å². The van der Waals surface area contributed by atoms with E-state index in [1.807, 2.05) is 25.3 Å². The van der Waals surface area contributed by atoms with E-state index in [2.05, 4.69) is 4.98 Å². The van der Waals surface area contributed by atoms with Crippen molar-refractivity contribution in [1.29, 1.82) is 0 Å². The standard InChI is InChI=1S/C12H17NO2/c1-12(14,11-4-6-15-9-11)7-10-3-2-5-13-8-10/h2-3,5,8,11,14H,4,6-7,9H2,1H3. The zero-order valence-corrected chi connectivity index (χ0v) is 9.02. The third-order valence-corrected chi connectivity index (χ3v) is 3.09. The van der Waals surface area contributed by atoms with E-state index in [1.54, 1.807) is 6.20 Å². The Labute approximate surface area is 90.1 Å². The molecule has 0 amide bonds. The molecule has 1 aromatic rings. The van der Waals surface area contributed by atoms with Gasteiger partial charge in [0.2, 0.25) is 0 Å². The van der Waals surface area contributed by atoms with Gasteiger partial charge in [-0.2, -0.15) is 0 Å². The first-order valence-electron chi connectivity index (χ1n) is 5.37. The Morgan fingerprint density at radius 2 is 2.53 bits per heavy atom.